The average Bonchev–Trinajstić information content (AvgIpc) is 3.37. The lowest BCUT2D eigenvalue weighted by atomic mass is 9.98. The van der Waals surface area contributed by atoms with E-state index in [2.05, 4.69) is 15.3 Å². The standard InChI is InChI=1S/C28H29F2N7O3/c1-39-20-8-6-19(7-9-20)27(38)36-16-18(17-36)15-31-23-14-24(34-28(33-23)35-10-12-40-13-11-35)37-22-5-3-2-4-21(22)32-26(37)25(29)30/h2-9,14,18,25H,10-13,15-17H2,1H3,(H,31,33,34). The van der Waals surface area contributed by atoms with Crippen LogP contribution in [0, 0.1) is 5.92 Å². The number of ether oxygens (including phenoxy) is 2. The van der Waals surface area contributed by atoms with Gasteiger partial charge in [-0.05, 0) is 36.4 Å². The predicted molar refractivity (Wildman–Crippen MR) is 146 cm³/mol. The van der Waals surface area contributed by atoms with Crippen molar-refractivity contribution in [1.82, 2.24) is 24.4 Å². The zero-order chi connectivity index (χ0) is 27.6. The molecule has 2 aliphatic rings. The molecule has 1 amide bonds. The van der Waals surface area contributed by atoms with Gasteiger partial charge in [0.25, 0.3) is 12.3 Å². The Labute approximate surface area is 229 Å². The Balaban J connectivity index is 1.22. The Bertz CT molecular complexity index is 1500. The molecule has 2 aliphatic heterocycles. The Morgan fingerprint density at radius 3 is 2.55 bits per heavy atom. The molecule has 0 unspecified atom stereocenters. The van der Waals surface area contributed by atoms with E-state index in [1.165, 1.54) is 4.57 Å². The van der Waals surface area contributed by atoms with Crippen molar-refractivity contribution in [3.8, 4) is 11.6 Å². The Kier molecular flexibility index (Phi) is 7.16. The molecular weight excluding hydrogens is 520 g/mol. The number of fused-ring (bicyclic) bond motifs is 1. The van der Waals surface area contributed by atoms with Gasteiger partial charge in [-0.3, -0.25) is 9.36 Å². The summed E-state index contributed by atoms with van der Waals surface area (Å²) in [6, 6.07) is 15.7. The number of nitrogens with zero attached hydrogens (tertiary/aromatic N) is 6. The number of methoxy groups -OCH3 is 1. The number of amides is 1. The number of hydrogen-bond donors (Lipinski definition) is 1. The van der Waals surface area contributed by atoms with Crippen molar-refractivity contribution in [2.45, 2.75) is 6.43 Å². The van der Waals surface area contributed by atoms with Crippen molar-refractivity contribution in [3.05, 3.63) is 66.0 Å². The number of halogens is 2. The van der Waals surface area contributed by atoms with E-state index in [9.17, 15) is 13.6 Å². The number of nitrogens with one attached hydrogen (secondary N) is 1. The number of carbonyl (C=O) groups excluding carboxylic acids is 1. The maximum Gasteiger partial charge on any atom is 0.296 e. The van der Waals surface area contributed by atoms with Crippen LogP contribution in [0.1, 0.15) is 22.6 Å². The normalized spacial score (nSPS) is 15.9. The monoisotopic (exact) mass is 549 g/mol. The van der Waals surface area contributed by atoms with E-state index in [-0.39, 0.29) is 17.6 Å². The van der Waals surface area contributed by atoms with E-state index in [1.54, 1.807) is 66.6 Å². The van der Waals surface area contributed by atoms with Crippen LogP contribution in [0.5, 0.6) is 5.75 Å². The lowest BCUT2D eigenvalue weighted by Gasteiger charge is -2.39. The van der Waals surface area contributed by atoms with E-state index in [0.717, 1.165) is 0 Å². The van der Waals surface area contributed by atoms with Crippen molar-refractivity contribution >= 4 is 28.7 Å². The highest BCUT2D eigenvalue weighted by Gasteiger charge is 2.31. The second kappa shape index (κ2) is 11.0. The number of carbonyl (C=O) groups is 1. The lowest BCUT2D eigenvalue weighted by molar-refractivity contribution is 0.0521. The summed E-state index contributed by atoms with van der Waals surface area (Å²) in [6.45, 7) is 4.04. The quantitative estimate of drug-likeness (QED) is 0.355. The zero-order valence-corrected chi connectivity index (χ0v) is 22.0. The van der Waals surface area contributed by atoms with Crippen molar-refractivity contribution in [3.63, 3.8) is 0 Å². The fraction of sp³-hybridized carbons (Fsp3) is 0.357. The number of alkyl halides is 2. The highest BCUT2D eigenvalue weighted by Crippen LogP contribution is 2.29. The summed E-state index contributed by atoms with van der Waals surface area (Å²) in [5.74, 6) is 1.80. The third kappa shape index (κ3) is 5.14. The van der Waals surface area contributed by atoms with Gasteiger partial charge in [0.15, 0.2) is 5.82 Å². The molecule has 208 valence electrons. The minimum absolute atomic E-state index is 0.0238. The maximum absolute atomic E-state index is 14.1. The van der Waals surface area contributed by atoms with E-state index in [1.807, 2.05) is 4.90 Å². The number of imidazole rings is 1. The first-order valence-electron chi connectivity index (χ1n) is 13.1. The Morgan fingerprint density at radius 1 is 1.07 bits per heavy atom. The number of para-hydroxylation sites is 2. The van der Waals surface area contributed by atoms with E-state index in [0.29, 0.717) is 85.9 Å². The average molecular weight is 550 g/mol. The third-order valence-corrected chi connectivity index (χ3v) is 7.16. The molecule has 0 saturated carbocycles. The molecule has 10 nitrogen and oxygen atoms in total. The van der Waals surface area contributed by atoms with Crippen LogP contribution in [0.15, 0.2) is 54.6 Å². The summed E-state index contributed by atoms with van der Waals surface area (Å²) in [4.78, 5) is 30.1. The minimum atomic E-state index is -2.78. The van der Waals surface area contributed by atoms with Crippen molar-refractivity contribution in [2.24, 2.45) is 5.92 Å². The summed E-state index contributed by atoms with van der Waals surface area (Å²) in [5, 5.41) is 3.35. The van der Waals surface area contributed by atoms with Crippen LogP contribution in [0.25, 0.3) is 16.9 Å². The van der Waals surface area contributed by atoms with Gasteiger partial charge in [0, 0.05) is 50.3 Å². The highest BCUT2D eigenvalue weighted by atomic mass is 19.3. The molecule has 2 saturated heterocycles. The van der Waals surface area contributed by atoms with E-state index in [4.69, 9.17) is 14.5 Å². The van der Waals surface area contributed by atoms with Gasteiger partial charge in [0.05, 0.1) is 31.4 Å². The van der Waals surface area contributed by atoms with Crippen LogP contribution in [-0.4, -0.2) is 83.4 Å². The molecule has 0 spiro atoms. The molecule has 1 N–H and O–H groups in total. The molecule has 2 aromatic heterocycles. The first kappa shape index (κ1) is 25.9. The molecule has 0 aliphatic carbocycles. The van der Waals surface area contributed by atoms with Gasteiger partial charge >= 0.3 is 0 Å². The van der Waals surface area contributed by atoms with Gasteiger partial charge in [-0.2, -0.15) is 9.97 Å². The van der Waals surface area contributed by atoms with E-state index >= 15 is 0 Å². The molecule has 6 rings (SSSR count). The SMILES string of the molecule is COc1ccc(C(=O)N2CC(CNc3cc(-n4c(C(F)F)nc5ccccc54)nc(N4CCOCC4)n3)C2)cc1. The van der Waals surface area contributed by atoms with Gasteiger partial charge < -0.3 is 24.6 Å². The molecule has 0 bridgehead atoms. The highest BCUT2D eigenvalue weighted by molar-refractivity contribution is 5.94. The molecule has 40 heavy (non-hydrogen) atoms. The van der Waals surface area contributed by atoms with Gasteiger partial charge in [-0.1, -0.05) is 12.1 Å². The fourth-order valence-electron chi connectivity index (χ4n) is 4.99. The Morgan fingerprint density at radius 2 is 1.82 bits per heavy atom. The molecule has 0 radical (unpaired) electrons. The van der Waals surface area contributed by atoms with Gasteiger partial charge in [0.1, 0.15) is 17.4 Å². The largest absolute Gasteiger partial charge is 0.497 e. The fourth-order valence-corrected chi connectivity index (χ4v) is 4.99. The van der Waals surface area contributed by atoms with Crippen LogP contribution >= 0.6 is 0 Å². The smallest absolute Gasteiger partial charge is 0.296 e. The molecule has 2 aromatic carbocycles. The molecule has 4 aromatic rings. The molecule has 4 heterocycles. The molecular formula is C28H29F2N7O3. The number of morpholine rings is 1. The van der Waals surface area contributed by atoms with E-state index < -0.39 is 6.43 Å². The first-order chi connectivity index (χ1) is 19.5. The van der Waals surface area contributed by atoms with Crippen molar-refractivity contribution in [2.75, 3.05) is 63.3 Å². The van der Waals surface area contributed by atoms with Gasteiger partial charge in [0.2, 0.25) is 5.95 Å². The maximum atomic E-state index is 14.1. The topological polar surface area (TPSA) is 97.6 Å². The lowest BCUT2D eigenvalue weighted by Crippen LogP contribution is -2.52. The second-order valence-electron chi connectivity index (χ2n) is 9.79. The van der Waals surface area contributed by atoms with Crippen LogP contribution in [0.3, 0.4) is 0 Å². The van der Waals surface area contributed by atoms with Crippen LogP contribution in [0.2, 0.25) is 0 Å². The van der Waals surface area contributed by atoms with Crippen molar-refractivity contribution in [1.29, 1.82) is 0 Å². The number of benzene rings is 2. The van der Waals surface area contributed by atoms with Crippen LogP contribution in [-0.2, 0) is 4.74 Å². The van der Waals surface area contributed by atoms with Crippen LogP contribution < -0.4 is 15.0 Å². The third-order valence-electron chi connectivity index (χ3n) is 7.16. The predicted octanol–water partition coefficient (Wildman–Crippen LogP) is 3.78. The number of aromatic nitrogens is 4. The number of hydrogen-bond acceptors (Lipinski definition) is 8. The summed E-state index contributed by atoms with van der Waals surface area (Å²) >= 11 is 0. The molecule has 0 atom stereocenters. The first-order valence-corrected chi connectivity index (χ1v) is 13.1. The van der Waals surface area contributed by atoms with Crippen LogP contribution in [0.4, 0.5) is 20.5 Å². The van der Waals surface area contributed by atoms with Crippen molar-refractivity contribution < 1.29 is 23.0 Å². The number of rotatable bonds is 8. The number of anilines is 2. The number of likely N-dealkylation sites (tertiary alicyclic amines) is 1. The summed E-state index contributed by atoms with van der Waals surface area (Å²) in [6.07, 6.45) is -2.78. The summed E-state index contributed by atoms with van der Waals surface area (Å²) in [7, 11) is 1.59. The van der Waals surface area contributed by atoms with Gasteiger partial charge in [-0.15, -0.1) is 0 Å². The minimum Gasteiger partial charge on any atom is -0.497 e. The summed E-state index contributed by atoms with van der Waals surface area (Å²) in [5.41, 5.74) is 1.63. The second-order valence-corrected chi connectivity index (χ2v) is 9.79. The van der Waals surface area contributed by atoms with Gasteiger partial charge in [-0.25, -0.2) is 13.8 Å². The molecule has 12 heteroatoms. The molecule has 2 fully saturated rings. The summed E-state index contributed by atoms with van der Waals surface area (Å²) < 4.78 is 40.2. The Hall–Kier alpha value is -4.32. The zero-order valence-electron chi connectivity index (χ0n) is 22.0.